The van der Waals surface area contributed by atoms with Gasteiger partial charge < -0.3 is 15.2 Å². The summed E-state index contributed by atoms with van der Waals surface area (Å²) >= 11 is 0. The van der Waals surface area contributed by atoms with Crippen molar-refractivity contribution >= 4 is 22.6 Å². The number of benzene rings is 2. The second-order valence-electron chi connectivity index (χ2n) is 8.46. The molecular formula is C26H27N3O3. The third-order valence-electron chi connectivity index (χ3n) is 6.26. The molecule has 1 aliphatic rings. The van der Waals surface area contributed by atoms with Crippen LogP contribution < -0.4 is 5.32 Å². The van der Waals surface area contributed by atoms with Crippen molar-refractivity contribution in [1.82, 2.24) is 4.98 Å². The molecule has 1 aromatic heterocycles. The van der Waals surface area contributed by atoms with Crippen LogP contribution in [0.2, 0.25) is 0 Å². The lowest BCUT2D eigenvalue weighted by atomic mass is 9.88. The fourth-order valence-electron chi connectivity index (χ4n) is 4.61. The fourth-order valence-corrected chi connectivity index (χ4v) is 4.61. The van der Waals surface area contributed by atoms with E-state index in [9.17, 15) is 15.2 Å². The first-order valence-electron chi connectivity index (χ1n) is 10.9. The third kappa shape index (κ3) is 4.04. The number of rotatable bonds is 5. The lowest BCUT2D eigenvalue weighted by Gasteiger charge is -2.25. The Morgan fingerprint density at radius 2 is 1.97 bits per heavy atom. The van der Waals surface area contributed by atoms with E-state index in [4.69, 9.17) is 9.72 Å². The maximum atomic E-state index is 11.6. The summed E-state index contributed by atoms with van der Waals surface area (Å²) in [7, 11) is 0. The van der Waals surface area contributed by atoms with Gasteiger partial charge in [-0.25, -0.2) is 4.79 Å². The minimum atomic E-state index is -0.975. The van der Waals surface area contributed by atoms with Crippen LogP contribution in [0.4, 0.5) is 5.69 Å². The molecule has 164 valence electrons. The Hall–Kier alpha value is -3.43. The molecule has 0 aliphatic carbocycles. The van der Waals surface area contributed by atoms with Gasteiger partial charge in [-0.1, -0.05) is 18.2 Å². The Labute approximate surface area is 187 Å². The van der Waals surface area contributed by atoms with E-state index in [1.807, 2.05) is 32.9 Å². The Kier molecular flexibility index (Phi) is 6.11. The summed E-state index contributed by atoms with van der Waals surface area (Å²) in [6.07, 6.45) is 1.79. The largest absolute Gasteiger partial charge is 0.478 e. The minimum Gasteiger partial charge on any atom is -0.478 e. The van der Waals surface area contributed by atoms with Gasteiger partial charge in [0.05, 0.1) is 22.7 Å². The number of aromatic nitrogens is 1. The van der Waals surface area contributed by atoms with E-state index in [-0.39, 0.29) is 17.5 Å². The van der Waals surface area contributed by atoms with Crippen LogP contribution in [0, 0.1) is 25.2 Å². The van der Waals surface area contributed by atoms with E-state index < -0.39 is 5.97 Å². The number of hydrogen-bond donors (Lipinski definition) is 2. The summed E-state index contributed by atoms with van der Waals surface area (Å²) < 4.78 is 5.53. The molecular weight excluding hydrogens is 402 g/mol. The van der Waals surface area contributed by atoms with Crippen molar-refractivity contribution in [2.24, 2.45) is 0 Å². The molecule has 6 heteroatoms. The first kappa shape index (κ1) is 21.8. The van der Waals surface area contributed by atoms with E-state index >= 15 is 0 Å². The molecule has 0 radical (unpaired) electrons. The van der Waals surface area contributed by atoms with Crippen LogP contribution in [0.15, 0.2) is 36.4 Å². The lowest BCUT2D eigenvalue weighted by molar-refractivity contribution is 0.0698. The topological polar surface area (TPSA) is 95.2 Å². The second kappa shape index (κ2) is 8.97. The molecule has 0 saturated carbocycles. The maximum absolute atomic E-state index is 11.6. The van der Waals surface area contributed by atoms with E-state index in [2.05, 4.69) is 17.5 Å². The first-order chi connectivity index (χ1) is 15.4. The number of pyridine rings is 1. The molecule has 1 atom stereocenters. The highest BCUT2D eigenvalue weighted by Crippen LogP contribution is 2.36. The Morgan fingerprint density at radius 3 is 2.66 bits per heavy atom. The normalized spacial score (nSPS) is 15.3. The molecule has 2 N–H and O–H groups in total. The van der Waals surface area contributed by atoms with Crippen molar-refractivity contribution in [3.8, 4) is 6.07 Å². The van der Waals surface area contributed by atoms with E-state index in [0.717, 1.165) is 46.1 Å². The van der Waals surface area contributed by atoms with Gasteiger partial charge in [0.15, 0.2) is 0 Å². The highest BCUT2D eigenvalue weighted by atomic mass is 16.5. The lowest BCUT2D eigenvalue weighted by Crippen LogP contribution is -2.17. The number of hydrogen-bond acceptors (Lipinski definition) is 5. The molecule has 0 spiro atoms. The predicted molar refractivity (Wildman–Crippen MR) is 124 cm³/mol. The third-order valence-corrected chi connectivity index (χ3v) is 6.26. The Bertz CT molecular complexity index is 1220. The van der Waals surface area contributed by atoms with Crippen molar-refractivity contribution in [2.75, 3.05) is 18.5 Å². The van der Waals surface area contributed by atoms with Gasteiger partial charge in [-0.2, -0.15) is 5.26 Å². The highest BCUT2D eigenvalue weighted by molar-refractivity contribution is 5.94. The number of carbonyl (C=O) groups is 1. The van der Waals surface area contributed by atoms with Crippen LogP contribution in [0.25, 0.3) is 10.9 Å². The molecule has 32 heavy (non-hydrogen) atoms. The van der Waals surface area contributed by atoms with E-state index in [0.29, 0.717) is 24.5 Å². The molecule has 1 unspecified atom stereocenters. The van der Waals surface area contributed by atoms with Crippen LogP contribution in [0.3, 0.4) is 0 Å². The Morgan fingerprint density at radius 1 is 1.25 bits per heavy atom. The SMILES string of the molecule is Cc1cc(C(C)Nc2ccccc2C(=O)O)c2nc(C3CCOCC3)c(C)c(C#N)c2c1. The zero-order chi connectivity index (χ0) is 22.8. The number of anilines is 1. The van der Waals surface area contributed by atoms with Crippen molar-refractivity contribution in [3.63, 3.8) is 0 Å². The zero-order valence-electron chi connectivity index (χ0n) is 18.6. The fraction of sp³-hybridized carbons (Fsp3) is 0.346. The standard InChI is InChI=1S/C26H27N3O3/c1-15-12-20(17(3)28-23-7-5-4-6-19(23)26(30)31)25-21(13-15)22(14-27)16(2)24(29-25)18-8-10-32-11-9-18/h4-7,12-13,17-18,28H,8-11H2,1-3H3,(H,30,31). The van der Waals surface area contributed by atoms with E-state index in [1.165, 1.54) is 0 Å². The van der Waals surface area contributed by atoms with Crippen molar-refractivity contribution < 1.29 is 14.6 Å². The van der Waals surface area contributed by atoms with Crippen LogP contribution in [0.5, 0.6) is 0 Å². The number of carboxylic acids is 1. The second-order valence-corrected chi connectivity index (χ2v) is 8.46. The van der Waals surface area contributed by atoms with Gasteiger partial charge >= 0.3 is 5.97 Å². The van der Waals surface area contributed by atoms with Crippen molar-refractivity contribution in [1.29, 1.82) is 5.26 Å². The number of ether oxygens (including phenoxy) is 1. The smallest absolute Gasteiger partial charge is 0.337 e. The molecule has 1 fully saturated rings. The van der Waals surface area contributed by atoms with Crippen LogP contribution in [-0.4, -0.2) is 29.3 Å². The summed E-state index contributed by atoms with van der Waals surface area (Å²) in [4.78, 5) is 16.8. The van der Waals surface area contributed by atoms with Gasteiger partial charge in [-0.3, -0.25) is 4.98 Å². The quantitative estimate of drug-likeness (QED) is 0.557. The van der Waals surface area contributed by atoms with Gasteiger partial charge in [-0.15, -0.1) is 0 Å². The number of aromatic carboxylic acids is 1. The number of para-hydroxylation sites is 1. The number of carboxylic acid groups (broad SMARTS) is 1. The van der Waals surface area contributed by atoms with Gasteiger partial charge in [0.2, 0.25) is 0 Å². The number of nitriles is 1. The molecule has 6 nitrogen and oxygen atoms in total. The minimum absolute atomic E-state index is 0.206. The van der Waals surface area contributed by atoms with Gasteiger partial charge in [-0.05, 0) is 62.9 Å². The summed E-state index contributed by atoms with van der Waals surface area (Å²) in [6.45, 7) is 7.40. The number of aryl methyl sites for hydroxylation is 1. The van der Waals surface area contributed by atoms with Crippen LogP contribution in [0.1, 0.15) is 70.0 Å². The molecule has 1 aliphatic heterocycles. The maximum Gasteiger partial charge on any atom is 0.337 e. The average Bonchev–Trinajstić information content (AvgIpc) is 2.79. The average molecular weight is 430 g/mol. The van der Waals surface area contributed by atoms with Gasteiger partial charge in [0.25, 0.3) is 0 Å². The molecule has 4 rings (SSSR count). The van der Waals surface area contributed by atoms with E-state index in [1.54, 1.807) is 18.2 Å². The summed E-state index contributed by atoms with van der Waals surface area (Å²) in [5, 5.41) is 23.8. The van der Waals surface area contributed by atoms with Crippen LogP contribution >= 0.6 is 0 Å². The molecule has 0 bridgehead atoms. The molecule has 2 aromatic carbocycles. The van der Waals surface area contributed by atoms with Gasteiger partial charge in [0, 0.05) is 41.5 Å². The number of nitrogens with one attached hydrogen (secondary N) is 1. The van der Waals surface area contributed by atoms with Gasteiger partial charge in [0.1, 0.15) is 6.07 Å². The number of nitrogens with zero attached hydrogens (tertiary/aromatic N) is 2. The predicted octanol–water partition coefficient (Wildman–Crippen LogP) is 5.49. The highest BCUT2D eigenvalue weighted by Gasteiger charge is 2.24. The molecule has 3 aromatic rings. The summed E-state index contributed by atoms with van der Waals surface area (Å²) in [5.74, 6) is -0.706. The molecule has 2 heterocycles. The Balaban J connectivity index is 1.86. The van der Waals surface area contributed by atoms with Crippen LogP contribution in [-0.2, 0) is 4.74 Å². The first-order valence-corrected chi connectivity index (χ1v) is 10.9. The summed E-state index contributed by atoms with van der Waals surface area (Å²) in [6, 6.07) is 13.2. The molecule has 1 saturated heterocycles. The molecule has 0 amide bonds. The monoisotopic (exact) mass is 429 g/mol. The van der Waals surface area contributed by atoms with Crippen molar-refractivity contribution in [2.45, 2.75) is 45.6 Å². The zero-order valence-corrected chi connectivity index (χ0v) is 18.6. The summed E-state index contributed by atoms with van der Waals surface area (Å²) in [5.41, 5.74) is 6.14. The van der Waals surface area contributed by atoms with Crippen molar-refractivity contribution in [3.05, 3.63) is 69.9 Å². The number of fused-ring (bicyclic) bond motifs is 1.